The van der Waals surface area contributed by atoms with Gasteiger partial charge in [-0.3, -0.25) is 9.89 Å². The number of nitrogens with zero attached hydrogens (tertiary/aromatic N) is 1. The van der Waals surface area contributed by atoms with Crippen LogP contribution >= 0.6 is 0 Å². The summed E-state index contributed by atoms with van der Waals surface area (Å²) in [4.78, 5) is 10.8. The van der Waals surface area contributed by atoms with Gasteiger partial charge in [-0.05, 0) is 38.1 Å². The summed E-state index contributed by atoms with van der Waals surface area (Å²) >= 11 is 0. The van der Waals surface area contributed by atoms with Crippen LogP contribution in [-0.2, 0) is 0 Å². The van der Waals surface area contributed by atoms with Gasteiger partial charge in [0.1, 0.15) is 22.8 Å². The lowest BCUT2D eigenvalue weighted by Crippen LogP contribution is -1.92. The number of benzene rings is 2. The van der Waals surface area contributed by atoms with E-state index in [1.54, 1.807) is 12.1 Å². The minimum Gasteiger partial charge on any atom is -0.507 e. The predicted octanol–water partition coefficient (Wildman–Crippen LogP) is 2.88. The quantitative estimate of drug-likeness (QED) is 0.517. The van der Waals surface area contributed by atoms with Crippen LogP contribution in [-0.4, -0.2) is 31.3 Å². The first-order chi connectivity index (χ1) is 10.4. The van der Waals surface area contributed by atoms with E-state index in [-0.39, 0.29) is 28.6 Å². The van der Waals surface area contributed by atoms with Crippen molar-refractivity contribution in [1.82, 2.24) is 10.2 Å². The molecule has 1 aromatic heterocycles. The van der Waals surface area contributed by atoms with Crippen molar-refractivity contribution in [2.45, 2.75) is 13.8 Å². The van der Waals surface area contributed by atoms with Crippen molar-refractivity contribution in [3.63, 3.8) is 0 Å². The summed E-state index contributed by atoms with van der Waals surface area (Å²) in [5.74, 6) is -0.427. The normalized spacial score (nSPS) is 10.1. The van der Waals surface area contributed by atoms with Gasteiger partial charge in [0.2, 0.25) is 0 Å². The zero-order valence-corrected chi connectivity index (χ0v) is 12.2. The highest BCUT2D eigenvalue weighted by Gasteiger charge is 2.10. The molecule has 0 amide bonds. The number of ketones is 1. The van der Waals surface area contributed by atoms with E-state index in [0.29, 0.717) is 0 Å². The lowest BCUT2D eigenvalue weighted by Gasteiger charge is -2.01. The van der Waals surface area contributed by atoms with Gasteiger partial charge >= 0.3 is 0 Å². The van der Waals surface area contributed by atoms with Gasteiger partial charge in [-0.1, -0.05) is 12.1 Å². The molecule has 114 valence electrons. The predicted molar refractivity (Wildman–Crippen MR) is 82.3 cm³/mol. The summed E-state index contributed by atoms with van der Waals surface area (Å²) < 4.78 is 0. The van der Waals surface area contributed by atoms with Gasteiger partial charge in [-0.15, -0.1) is 0 Å². The average Bonchev–Trinajstić information content (AvgIpc) is 2.82. The molecule has 0 unspecified atom stereocenters. The highest BCUT2D eigenvalue weighted by atomic mass is 16.3. The summed E-state index contributed by atoms with van der Waals surface area (Å²) in [7, 11) is 0. The third-order valence-corrected chi connectivity index (χ3v) is 3.11. The number of phenols is 3. The molecule has 3 aromatic rings. The number of aromatic amines is 1. The van der Waals surface area contributed by atoms with Gasteiger partial charge in [0, 0.05) is 5.69 Å². The molecule has 22 heavy (non-hydrogen) atoms. The molecule has 0 fully saturated rings. The maximum atomic E-state index is 10.8. The molecule has 2 aromatic carbocycles. The Morgan fingerprint density at radius 3 is 2.05 bits per heavy atom. The Morgan fingerprint density at radius 2 is 1.55 bits per heavy atom. The van der Waals surface area contributed by atoms with E-state index in [1.807, 2.05) is 13.0 Å². The number of rotatable bonds is 1. The van der Waals surface area contributed by atoms with Gasteiger partial charge in [0.15, 0.2) is 5.78 Å². The second kappa shape index (κ2) is 6.17. The molecule has 0 radical (unpaired) electrons. The third kappa shape index (κ3) is 3.01. The molecule has 6 heteroatoms. The molecule has 0 aliphatic heterocycles. The number of aromatic nitrogens is 2. The van der Waals surface area contributed by atoms with Crippen molar-refractivity contribution >= 4 is 16.7 Å². The van der Waals surface area contributed by atoms with E-state index in [0.717, 1.165) is 16.6 Å². The van der Waals surface area contributed by atoms with Gasteiger partial charge in [-0.2, -0.15) is 5.10 Å². The van der Waals surface area contributed by atoms with Crippen molar-refractivity contribution in [1.29, 1.82) is 0 Å². The first kappa shape index (κ1) is 15.4. The number of phenolic OH excluding ortho intramolecular Hbond substituents is 3. The topological polar surface area (TPSA) is 106 Å². The van der Waals surface area contributed by atoms with Gasteiger partial charge in [0.25, 0.3) is 0 Å². The fourth-order valence-electron chi connectivity index (χ4n) is 2.09. The second-order valence-electron chi connectivity index (χ2n) is 4.75. The number of aromatic hydroxyl groups is 3. The maximum absolute atomic E-state index is 10.8. The molecule has 6 nitrogen and oxygen atoms in total. The fraction of sp³-hybridized carbons (Fsp3) is 0.125. The molecule has 0 atom stereocenters. The first-order valence-electron chi connectivity index (χ1n) is 6.56. The first-order valence-corrected chi connectivity index (χ1v) is 6.56. The molecular formula is C16H16N2O4. The highest BCUT2D eigenvalue weighted by Crippen LogP contribution is 2.26. The zero-order valence-electron chi connectivity index (χ0n) is 12.2. The van der Waals surface area contributed by atoms with E-state index < -0.39 is 0 Å². The van der Waals surface area contributed by atoms with Crippen LogP contribution in [0.25, 0.3) is 10.9 Å². The summed E-state index contributed by atoms with van der Waals surface area (Å²) in [5.41, 5.74) is 1.69. The molecule has 3 rings (SSSR count). The average molecular weight is 300 g/mol. The van der Waals surface area contributed by atoms with Crippen molar-refractivity contribution in [3.05, 3.63) is 47.7 Å². The highest BCUT2D eigenvalue weighted by molar-refractivity contribution is 5.99. The molecule has 4 N–H and O–H groups in total. The smallest absolute Gasteiger partial charge is 0.167 e. The van der Waals surface area contributed by atoms with Crippen LogP contribution in [0.1, 0.15) is 23.0 Å². The Bertz CT molecular complexity index is 804. The minimum atomic E-state index is -0.347. The molecule has 0 spiro atoms. The molecule has 0 aliphatic rings. The van der Waals surface area contributed by atoms with Gasteiger partial charge in [0.05, 0.1) is 10.9 Å². The number of H-pyrrole nitrogens is 1. The third-order valence-electron chi connectivity index (χ3n) is 3.11. The Morgan fingerprint density at radius 1 is 1.00 bits per heavy atom. The molecular weight excluding hydrogens is 284 g/mol. The van der Waals surface area contributed by atoms with E-state index in [4.69, 9.17) is 10.2 Å². The lowest BCUT2D eigenvalue weighted by atomic mass is 10.1. The number of Topliss-reactive ketones (excluding diaryl/α,β-unsaturated/α-hetero) is 1. The molecule has 0 aliphatic carbocycles. The van der Waals surface area contributed by atoms with Crippen LogP contribution in [0, 0.1) is 6.92 Å². The number of hydrogen-bond donors (Lipinski definition) is 4. The van der Waals surface area contributed by atoms with E-state index in [2.05, 4.69) is 10.2 Å². The second-order valence-corrected chi connectivity index (χ2v) is 4.75. The summed E-state index contributed by atoms with van der Waals surface area (Å²) in [6.07, 6.45) is 0. The largest absolute Gasteiger partial charge is 0.507 e. The van der Waals surface area contributed by atoms with Crippen molar-refractivity contribution < 1.29 is 20.1 Å². The van der Waals surface area contributed by atoms with Crippen molar-refractivity contribution in [2.24, 2.45) is 0 Å². The number of hydrogen-bond acceptors (Lipinski definition) is 5. The monoisotopic (exact) mass is 300 g/mol. The van der Waals surface area contributed by atoms with Crippen LogP contribution in [0.15, 0.2) is 36.4 Å². The van der Waals surface area contributed by atoms with Crippen molar-refractivity contribution in [2.75, 3.05) is 0 Å². The summed E-state index contributed by atoms with van der Waals surface area (Å²) in [6.45, 7) is 3.17. The minimum absolute atomic E-state index is 0.0208. The maximum Gasteiger partial charge on any atom is 0.167 e. The Hall–Kier alpha value is -3.02. The number of carbonyl (C=O) groups excluding carboxylic acids is 1. The molecule has 1 heterocycles. The van der Waals surface area contributed by atoms with Crippen LogP contribution in [0.2, 0.25) is 0 Å². The summed E-state index contributed by atoms with van der Waals surface area (Å²) in [5, 5.41) is 35.2. The number of carbonyl (C=O) groups is 1. The fourth-order valence-corrected chi connectivity index (χ4v) is 2.09. The Balaban J connectivity index is 0.000000160. The SMILES string of the molecule is CC(=O)c1c(O)cccc1O.Cc1[nH]nc2cccc(O)c12. The van der Waals surface area contributed by atoms with Gasteiger partial charge in [-0.25, -0.2) is 0 Å². The number of fused-ring (bicyclic) bond motifs is 1. The van der Waals surface area contributed by atoms with Crippen LogP contribution < -0.4 is 0 Å². The molecule has 0 saturated heterocycles. The Labute approximate surface area is 126 Å². The van der Waals surface area contributed by atoms with Gasteiger partial charge < -0.3 is 15.3 Å². The van der Waals surface area contributed by atoms with E-state index in [9.17, 15) is 9.90 Å². The van der Waals surface area contributed by atoms with Crippen LogP contribution in [0.4, 0.5) is 0 Å². The van der Waals surface area contributed by atoms with Crippen LogP contribution in [0.3, 0.4) is 0 Å². The molecule has 0 saturated carbocycles. The van der Waals surface area contributed by atoms with E-state index >= 15 is 0 Å². The lowest BCUT2D eigenvalue weighted by molar-refractivity contribution is 0.101. The number of aryl methyl sites for hydroxylation is 1. The van der Waals surface area contributed by atoms with E-state index in [1.165, 1.54) is 25.1 Å². The zero-order chi connectivity index (χ0) is 16.3. The van der Waals surface area contributed by atoms with Crippen LogP contribution in [0.5, 0.6) is 17.2 Å². The van der Waals surface area contributed by atoms with Crippen molar-refractivity contribution in [3.8, 4) is 17.2 Å². The number of nitrogens with one attached hydrogen (secondary N) is 1. The Kier molecular flexibility index (Phi) is 4.31. The molecule has 0 bridgehead atoms. The standard InChI is InChI=1S/C8H8N2O.C8H8O3/c1-5-8-6(10-9-5)3-2-4-7(8)11;1-5(9)8-6(10)3-2-4-7(8)11/h2-4,11H,1H3,(H,9,10);2-4,10-11H,1H3. The summed E-state index contributed by atoms with van der Waals surface area (Å²) in [6, 6.07) is 9.48.